The van der Waals surface area contributed by atoms with Gasteiger partial charge in [-0.1, -0.05) is 48.8 Å². The third-order valence-corrected chi connectivity index (χ3v) is 6.74. The molecule has 0 aliphatic heterocycles. The van der Waals surface area contributed by atoms with Gasteiger partial charge in [0.1, 0.15) is 0 Å². The maximum absolute atomic E-state index is 3.98. The summed E-state index contributed by atoms with van der Waals surface area (Å²) in [4.78, 5) is 3.18. The van der Waals surface area contributed by atoms with Crippen molar-refractivity contribution in [2.45, 2.75) is 58.7 Å². The number of benzene rings is 1. The highest BCUT2D eigenvalue weighted by Crippen LogP contribution is 2.40. The zero-order valence-corrected chi connectivity index (χ0v) is 16.1. The summed E-state index contributed by atoms with van der Waals surface area (Å²) < 4.78 is 0. The Morgan fingerprint density at radius 3 is 1.90 bits per heavy atom. The lowest BCUT2D eigenvalue weighted by Gasteiger charge is -2.19. The second kappa shape index (κ2) is 7.11. The van der Waals surface area contributed by atoms with E-state index in [1.807, 2.05) is 11.3 Å². The fraction of sp³-hybridized carbons (Fsp3) is 0.474. The van der Waals surface area contributed by atoms with Gasteiger partial charge in [0.15, 0.2) is 0 Å². The molecule has 0 N–H and O–H groups in total. The Balaban J connectivity index is 2.55. The van der Waals surface area contributed by atoms with Gasteiger partial charge < -0.3 is 0 Å². The van der Waals surface area contributed by atoms with Crippen LogP contribution in [-0.4, -0.2) is 0 Å². The summed E-state index contributed by atoms with van der Waals surface area (Å²) in [7, 11) is 0. The molecule has 2 rings (SSSR count). The molecule has 1 atom stereocenters. The predicted molar refractivity (Wildman–Crippen MR) is 99.1 cm³/mol. The number of hydrogen-bond donors (Lipinski definition) is 0. The zero-order valence-electron chi connectivity index (χ0n) is 13.7. The van der Waals surface area contributed by atoms with Crippen molar-refractivity contribution in [2.75, 3.05) is 0 Å². The van der Waals surface area contributed by atoms with Crippen molar-refractivity contribution in [3.05, 3.63) is 55.8 Å². The molecule has 0 spiro atoms. The molecule has 2 aromatic rings. The van der Waals surface area contributed by atoms with Crippen molar-refractivity contribution in [3.8, 4) is 0 Å². The molecular formula is C19H25BrS. The Hall–Kier alpha value is -0.600. The number of halogens is 1. The molecule has 0 bridgehead atoms. The van der Waals surface area contributed by atoms with Gasteiger partial charge >= 0.3 is 0 Å². The van der Waals surface area contributed by atoms with E-state index >= 15 is 0 Å². The van der Waals surface area contributed by atoms with Crippen LogP contribution in [0.5, 0.6) is 0 Å². The third-order valence-electron chi connectivity index (χ3n) is 4.27. The summed E-state index contributed by atoms with van der Waals surface area (Å²) in [6.45, 7) is 11.2. The quantitative estimate of drug-likeness (QED) is 0.528. The van der Waals surface area contributed by atoms with Crippen LogP contribution >= 0.6 is 27.3 Å². The first-order chi connectivity index (χ1) is 10.0. The van der Waals surface area contributed by atoms with Crippen LogP contribution in [0.4, 0.5) is 0 Å². The Bertz CT molecular complexity index is 580. The Morgan fingerprint density at radius 1 is 0.952 bits per heavy atom. The Kier molecular flexibility index (Phi) is 5.67. The van der Waals surface area contributed by atoms with Gasteiger partial charge in [-0.15, -0.1) is 11.3 Å². The Morgan fingerprint density at radius 2 is 1.52 bits per heavy atom. The van der Waals surface area contributed by atoms with Crippen LogP contribution in [0.25, 0.3) is 0 Å². The number of hydrogen-bond acceptors (Lipinski definition) is 1. The fourth-order valence-electron chi connectivity index (χ4n) is 2.83. The first-order valence-corrected chi connectivity index (χ1v) is 9.60. The van der Waals surface area contributed by atoms with E-state index in [-0.39, 0.29) is 0 Å². The molecule has 0 aliphatic rings. The molecule has 0 aliphatic carbocycles. The summed E-state index contributed by atoms with van der Waals surface area (Å²) in [5, 5.41) is 0. The second-order valence-corrected chi connectivity index (χ2v) is 7.84. The van der Waals surface area contributed by atoms with E-state index in [1.54, 1.807) is 0 Å². The summed E-state index contributed by atoms with van der Waals surface area (Å²) in [5.41, 5.74) is 7.36. The average Bonchev–Trinajstić information content (AvgIpc) is 2.84. The smallest absolute Gasteiger partial charge is 0.0743 e. The average molecular weight is 365 g/mol. The molecule has 1 aromatic heterocycles. The molecule has 1 heterocycles. The molecule has 2 heteroatoms. The topological polar surface area (TPSA) is 0 Å². The molecule has 1 aromatic carbocycles. The van der Waals surface area contributed by atoms with Crippen LogP contribution in [-0.2, 0) is 19.3 Å². The number of alkyl halides is 1. The van der Waals surface area contributed by atoms with Crippen molar-refractivity contribution >= 4 is 27.3 Å². The monoisotopic (exact) mass is 364 g/mol. The molecule has 0 saturated heterocycles. The lowest BCUT2D eigenvalue weighted by molar-refractivity contribution is 0.981. The van der Waals surface area contributed by atoms with Crippen molar-refractivity contribution in [2.24, 2.45) is 0 Å². The summed E-state index contributed by atoms with van der Waals surface area (Å²) in [6.07, 6.45) is 3.31. The predicted octanol–water partition coefficient (Wildman–Crippen LogP) is 6.54. The lowest BCUT2D eigenvalue weighted by Crippen LogP contribution is -2.04. The summed E-state index contributed by atoms with van der Waals surface area (Å²) in [5.74, 6) is 0. The van der Waals surface area contributed by atoms with Gasteiger partial charge in [0, 0.05) is 9.75 Å². The minimum absolute atomic E-state index is 0.325. The third kappa shape index (κ3) is 3.43. The van der Waals surface area contributed by atoms with E-state index in [0.29, 0.717) is 4.83 Å². The first kappa shape index (κ1) is 16.8. The molecule has 1 unspecified atom stereocenters. The van der Waals surface area contributed by atoms with Crippen LogP contribution in [0, 0.1) is 13.8 Å². The molecule has 0 radical (unpaired) electrons. The maximum Gasteiger partial charge on any atom is 0.0743 e. The fourth-order valence-corrected chi connectivity index (χ4v) is 4.87. The minimum atomic E-state index is 0.325. The lowest BCUT2D eigenvalue weighted by atomic mass is 9.91. The van der Waals surface area contributed by atoms with Crippen LogP contribution in [0.3, 0.4) is 0 Å². The minimum Gasteiger partial charge on any atom is -0.144 e. The van der Waals surface area contributed by atoms with Gasteiger partial charge in [0.05, 0.1) is 4.83 Å². The van der Waals surface area contributed by atoms with Crippen molar-refractivity contribution in [3.63, 3.8) is 0 Å². The highest BCUT2D eigenvalue weighted by molar-refractivity contribution is 9.09. The molecule has 0 fully saturated rings. The SMILES string of the molecule is CCc1cc(CC)c(C(Br)c2cc(C)c(C)s2)c(CC)c1. The van der Waals surface area contributed by atoms with Gasteiger partial charge in [-0.25, -0.2) is 0 Å². The molecule has 21 heavy (non-hydrogen) atoms. The molecular weight excluding hydrogens is 340 g/mol. The van der Waals surface area contributed by atoms with E-state index in [2.05, 4.69) is 68.7 Å². The number of rotatable bonds is 5. The number of thiophene rings is 1. The standard InChI is InChI=1S/C19H25BrS/c1-6-14-10-15(7-2)18(16(8-3)11-14)19(20)17-9-12(4)13(5)21-17/h9-11,19H,6-8H2,1-5H3. The molecule has 0 amide bonds. The van der Waals surface area contributed by atoms with Crippen molar-refractivity contribution in [1.82, 2.24) is 0 Å². The van der Waals surface area contributed by atoms with Gasteiger partial charge in [-0.2, -0.15) is 0 Å². The van der Waals surface area contributed by atoms with Crippen LogP contribution in [0.1, 0.15) is 63.2 Å². The largest absolute Gasteiger partial charge is 0.144 e. The number of aryl methyl sites for hydroxylation is 5. The van der Waals surface area contributed by atoms with E-state index in [4.69, 9.17) is 0 Å². The highest BCUT2D eigenvalue weighted by atomic mass is 79.9. The van der Waals surface area contributed by atoms with Crippen molar-refractivity contribution in [1.29, 1.82) is 0 Å². The summed E-state index contributed by atoms with van der Waals surface area (Å²) in [6, 6.07) is 7.14. The van der Waals surface area contributed by atoms with Crippen LogP contribution < -0.4 is 0 Å². The van der Waals surface area contributed by atoms with Gasteiger partial charge in [0.25, 0.3) is 0 Å². The van der Waals surface area contributed by atoms with Gasteiger partial charge in [-0.05, 0) is 67.0 Å². The summed E-state index contributed by atoms with van der Waals surface area (Å²) >= 11 is 5.90. The molecule has 0 saturated carbocycles. The zero-order chi connectivity index (χ0) is 15.6. The van der Waals surface area contributed by atoms with Crippen LogP contribution in [0.15, 0.2) is 18.2 Å². The van der Waals surface area contributed by atoms with E-state index in [0.717, 1.165) is 19.3 Å². The Labute approximate surface area is 141 Å². The normalized spacial score (nSPS) is 12.7. The van der Waals surface area contributed by atoms with E-state index < -0.39 is 0 Å². The van der Waals surface area contributed by atoms with E-state index in [1.165, 1.54) is 37.6 Å². The van der Waals surface area contributed by atoms with E-state index in [9.17, 15) is 0 Å². The molecule has 0 nitrogen and oxygen atoms in total. The molecule has 114 valence electrons. The van der Waals surface area contributed by atoms with Gasteiger partial charge in [-0.3, -0.25) is 0 Å². The van der Waals surface area contributed by atoms with Crippen molar-refractivity contribution < 1.29 is 0 Å². The second-order valence-electron chi connectivity index (χ2n) is 5.64. The van der Waals surface area contributed by atoms with Crippen LogP contribution in [0.2, 0.25) is 0 Å². The highest BCUT2D eigenvalue weighted by Gasteiger charge is 2.20. The first-order valence-electron chi connectivity index (χ1n) is 7.87. The maximum atomic E-state index is 3.98. The van der Waals surface area contributed by atoms with Gasteiger partial charge in [0.2, 0.25) is 0 Å².